The van der Waals surface area contributed by atoms with E-state index in [4.69, 9.17) is 21.1 Å². The van der Waals surface area contributed by atoms with Gasteiger partial charge in [0.1, 0.15) is 0 Å². The summed E-state index contributed by atoms with van der Waals surface area (Å²) in [5, 5.41) is 8.75. The van der Waals surface area contributed by atoms with Crippen molar-refractivity contribution in [3.8, 4) is 6.01 Å². The van der Waals surface area contributed by atoms with Crippen LogP contribution >= 0.6 is 11.6 Å². The van der Waals surface area contributed by atoms with Crippen LogP contribution in [-0.2, 0) is 21.3 Å². The predicted molar refractivity (Wildman–Crippen MR) is 113 cm³/mol. The van der Waals surface area contributed by atoms with E-state index in [1.165, 1.54) is 24.3 Å². The molecule has 1 aliphatic rings. The summed E-state index contributed by atoms with van der Waals surface area (Å²) in [6, 6.07) is 5.82. The topological polar surface area (TPSA) is 98.6 Å². The molecule has 1 aromatic heterocycles. The highest BCUT2D eigenvalue weighted by molar-refractivity contribution is 7.89. The Morgan fingerprint density at radius 2 is 1.93 bits per heavy atom. The molecule has 0 spiro atoms. The smallest absolute Gasteiger partial charge is 0.316 e. The van der Waals surface area contributed by atoms with Gasteiger partial charge in [-0.05, 0) is 44.5 Å². The molecule has 2 aromatic rings. The monoisotopic (exact) mass is 457 g/mol. The number of morpholine rings is 1. The molecule has 3 rings (SSSR count). The first-order valence-electron chi connectivity index (χ1n) is 10.0. The number of aromatic nitrogens is 3. The molecule has 30 heavy (non-hydrogen) atoms. The van der Waals surface area contributed by atoms with Gasteiger partial charge in [0.25, 0.3) is 0 Å². The number of halogens is 1. The molecule has 1 aliphatic heterocycles. The Morgan fingerprint density at radius 1 is 1.23 bits per heavy atom. The quantitative estimate of drug-likeness (QED) is 0.545. The normalized spacial score (nSPS) is 16.5. The van der Waals surface area contributed by atoms with Gasteiger partial charge in [-0.3, -0.25) is 9.47 Å². The van der Waals surface area contributed by atoms with Crippen LogP contribution in [0.4, 0.5) is 0 Å². The van der Waals surface area contributed by atoms with E-state index in [0.717, 1.165) is 39.3 Å². The number of hydrogen-bond donors (Lipinski definition) is 1. The number of rotatable bonds is 10. The molecule has 0 unspecified atom stereocenters. The number of ether oxygens (including phenoxy) is 2. The van der Waals surface area contributed by atoms with Crippen molar-refractivity contribution >= 4 is 21.6 Å². The van der Waals surface area contributed by atoms with E-state index >= 15 is 0 Å². The van der Waals surface area contributed by atoms with Crippen LogP contribution in [0.1, 0.15) is 32.1 Å². The molecular weight excluding hydrogens is 430 g/mol. The Labute approximate surface area is 182 Å². The Balaban J connectivity index is 1.59. The van der Waals surface area contributed by atoms with E-state index in [1.54, 1.807) is 11.5 Å². The van der Waals surface area contributed by atoms with Crippen molar-refractivity contribution < 1.29 is 17.9 Å². The zero-order chi connectivity index (χ0) is 21.6. The third-order valence-corrected chi connectivity index (χ3v) is 6.67. The summed E-state index contributed by atoms with van der Waals surface area (Å²) in [4.78, 5) is 2.48. The van der Waals surface area contributed by atoms with Crippen LogP contribution in [0.25, 0.3) is 0 Å². The Morgan fingerprint density at radius 3 is 2.60 bits per heavy atom. The Bertz CT molecular complexity index is 914. The van der Waals surface area contributed by atoms with E-state index in [1.807, 2.05) is 6.92 Å². The molecule has 1 N–H and O–H groups in total. The highest BCUT2D eigenvalue weighted by atomic mass is 35.5. The van der Waals surface area contributed by atoms with Crippen molar-refractivity contribution in [3.63, 3.8) is 0 Å². The average molecular weight is 458 g/mol. The van der Waals surface area contributed by atoms with Crippen LogP contribution in [0, 0.1) is 0 Å². The summed E-state index contributed by atoms with van der Waals surface area (Å²) < 4.78 is 40.9. The fourth-order valence-corrected chi connectivity index (χ4v) is 4.60. The maximum Gasteiger partial charge on any atom is 0.316 e. The first-order chi connectivity index (χ1) is 14.4. The summed E-state index contributed by atoms with van der Waals surface area (Å²) >= 11 is 5.84. The fourth-order valence-electron chi connectivity index (χ4n) is 3.27. The van der Waals surface area contributed by atoms with E-state index in [2.05, 4.69) is 19.8 Å². The van der Waals surface area contributed by atoms with Crippen molar-refractivity contribution in [3.05, 3.63) is 35.1 Å². The molecule has 0 amide bonds. The second-order valence-electron chi connectivity index (χ2n) is 7.04. The van der Waals surface area contributed by atoms with E-state index in [-0.39, 0.29) is 4.90 Å². The van der Waals surface area contributed by atoms with Crippen LogP contribution < -0.4 is 9.46 Å². The van der Waals surface area contributed by atoms with Gasteiger partial charge in [0.15, 0.2) is 5.82 Å². The minimum Gasteiger partial charge on any atom is -0.464 e. The van der Waals surface area contributed by atoms with Crippen molar-refractivity contribution in [2.75, 3.05) is 39.5 Å². The Hall–Kier alpha value is -1.72. The second kappa shape index (κ2) is 10.5. The van der Waals surface area contributed by atoms with Crippen molar-refractivity contribution in [2.24, 2.45) is 0 Å². The summed E-state index contributed by atoms with van der Waals surface area (Å²) in [6.07, 6.45) is 0.866. The molecule has 0 bridgehead atoms. The number of sulfonamides is 1. The lowest BCUT2D eigenvalue weighted by Gasteiger charge is -2.26. The maximum atomic E-state index is 12.6. The SMILES string of the molecule is CCn1c(OCCCN2CCOCC2)nnc1[C@@H](C)NS(=O)(=O)c1ccc(Cl)cc1. The van der Waals surface area contributed by atoms with Gasteiger partial charge in [-0.2, -0.15) is 0 Å². The Kier molecular flexibility index (Phi) is 8.06. The molecule has 9 nitrogen and oxygen atoms in total. The third-order valence-electron chi connectivity index (χ3n) is 4.86. The number of nitrogens with one attached hydrogen (secondary N) is 1. The standard InChI is InChI=1S/C19H28ClN5O4S/c1-3-25-18(15(2)23-30(26,27)17-7-5-16(20)6-8-17)21-22-19(25)29-12-4-9-24-10-13-28-14-11-24/h5-8,15,23H,3-4,9-14H2,1-2H3/t15-/m1/s1. The molecule has 0 radical (unpaired) electrons. The molecule has 1 atom stereocenters. The first kappa shape index (κ1) is 23.0. The molecule has 1 fully saturated rings. The van der Waals surface area contributed by atoms with Gasteiger partial charge in [-0.1, -0.05) is 16.7 Å². The van der Waals surface area contributed by atoms with Crippen molar-refractivity contribution in [1.29, 1.82) is 0 Å². The summed E-state index contributed by atoms with van der Waals surface area (Å²) in [5.41, 5.74) is 0. The van der Waals surface area contributed by atoms with Crippen LogP contribution in [0.3, 0.4) is 0 Å². The molecule has 2 heterocycles. The predicted octanol–water partition coefficient (Wildman–Crippen LogP) is 2.09. The van der Waals surface area contributed by atoms with E-state index in [9.17, 15) is 8.42 Å². The number of hydrogen-bond acceptors (Lipinski definition) is 7. The van der Waals surface area contributed by atoms with Crippen molar-refractivity contribution in [2.45, 2.75) is 37.8 Å². The molecule has 0 aliphatic carbocycles. The molecule has 0 saturated carbocycles. The van der Waals surface area contributed by atoms with Crippen LogP contribution in [0.2, 0.25) is 5.02 Å². The lowest BCUT2D eigenvalue weighted by molar-refractivity contribution is 0.0355. The van der Waals surface area contributed by atoms with Gasteiger partial charge < -0.3 is 9.47 Å². The first-order valence-corrected chi connectivity index (χ1v) is 11.9. The number of benzene rings is 1. The van der Waals surface area contributed by atoms with Crippen LogP contribution in [0.15, 0.2) is 29.2 Å². The lowest BCUT2D eigenvalue weighted by atomic mass is 10.3. The second-order valence-corrected chi connectivity index (χ2v) is 9.19. The van der Waals surface area contributed by atoms with Gasteiger partial charge in [-0.15, -0.1) is 5.10 Å². The molecule has 1 saturated heterocycles. The van der Waals surface area contributed by atoms with Crippen LogP contribution in [0.5, 0.6) is 6.01 Å². The largest absolute Gasteiger partial charge is 0.464 e. The zero-order valence-corrected chi connectivity index (χ0v) is 18.8. The van der Waals surface area contributed by atoms with E-state index < -0.39 is 16.1 Å². The van der Waals surface area contributed by atoms with E-state index in [0.29, 0.717) is 30.0 Å². The minimum absolute atomic E-state index is 0.140. The molecule has 11 heteroatoms. The van der Waals surface area contributed by atoms with Gasteiger partial charge in [-0.25, -0.2) is 13.1 Å². The van der Waals surface area contributed by atoms with Gasteiger partial charge >= 0.3 is 6.01 Å². The zero-order valence-electron chi connectivity index (χ0n) is 17.3. The maximum absolute atomic E-state index is 12.6. The fraction of sp³-hybridized carbons (Fsp3) is 0.579. The summed E-state index contributed by atoms with van der Waals surface area (Å²) in [5.74, 6) is 0.498. The lowest BCUT2D eigenvalue weighted by Crippen LogP contribution is -2.37. The third kappa shape index (κ3) is 5.92. The highest BCUT2D eigenvalue weighted by Gasteiger charge is 2.24. The molecular formula is C19H28ClN5O4S. The average Bonchev–Trinajstić information content (AvgIpc) is 3.15. The van der Waals surface area contributed by atoms with Gasteiger partial charge in [0.2, 0.25) is 10.0 Å². The summed E-state index contributed by atoms with van der Waals surface area (Å²) in [7, 11) is -3.72. The summed E-state index contributed by atoms with van der Waals surface area (Å²) in [6.45, 7) is 9.12. The van der Waals surface area contributed by atoms with Crippen LogP contribution in [-0.4, -0.2) is 67.5 Å². The van der Waals surface area contributed by atoms with Gasteiger partial charge in [0, 0.05) is 31.2 Å². The van der Waals surface area contributed by atoms with Crippen molar-refractivity contribution in [1.82, 2.24) is 24.4 Å². The molecule has 1 aromatic carbocycles. The highest BCUT2D eigenvalue weighted by Crippen LogP contribution is 2.20. The minimum atomic E-state index is -3.72. The van der Waals surface area contributed by atoms with Gasteiger partial charge in [0.05, 0.1) is 30.8 Å². The number of nitrogens with zero attached hydrogens (tertiary/aromatic N) is 4. The molecule has 166 valence electrons.